The Morgan fingerprint density at radius 2 is 1.90 bits per heavy atom. The van der Waals surface area contributed by atoms with Gasteiger partial charge in [-0.3, -0.25) is 0 Å². The second kappa shape index (κ2) is 6.24. The molecule has 0 aromatic heterocycles. The van der Waals surface area contributed by atoms with E-state index in [0.29, 0.717) is 24.9 Å². The molecule has 1 aliphatic heterocycles. The Kier molecular flexibility index (Phi) is 4.83. The summed E-state index contributed by atoms with van der Waals surface area (Å²) < 4.78 is 22.6. The van der Waals surface area contributed by atoms with Crippen molar-refractivity contribution >= 4 is 10.0 Å². The van der Waals surface area contributed by atoms with Crippen LogP contribution in [-0.2, 0) is 16.4 Å². The number of primary sulfonamides is 1. The van der Waals surface area contributed by atoms with Gasteiger partial charge in [-0.1, -0.05) is 38.1 Å². The van der Waals surface area contributed by atoms with Gasteiger partial charge in [-0.05, 0) is 36.3 Å². The Bertz CT molecular complexity index is 529. The lowest BCUT2D eigenvalue weighted by Crippen LogP contribution is -2.47. The highest BCUT2D eigenvalue weighted by Crippen LogP contribution is 2.19. The minimum absolute atomic E-state index is 0.345. The molecule has 2 atom stereocenters. The van der Waals surface area contributed by atoms with Crippen LogP contribution in [0.2, 0.25) is 0 Å². The van der Waals surface area contributed by atoms with Crippen LogP contribution in [0.3, 0.4) is 0 Å². The number of hydrogen-bond acceptors (Lipinski definition) is 3. The van der Waals surface area contributed by atoms with Gasteiger partial charge in [-0.25, -0.2) is 13.6 Å². The molecule has 0 amide bonds. The van der Waals surface area contributed by atoms with Crippen LogP contribution < -0.4 is 10.5 Å². The third kappa shape index (κ3) is 4.04. The quantitative estimate of drug-likeness (QED) is 0.889. The second-order valence-electron chi connectivity index (χ2n) is 5.99. The summed E-state index contributed by atoms with van der Waals surface area (Å²) in [4.78, 5) is 0. The standard InChI is InChI=1S/C15H24N2O2S/c1-11(2)13-5-3-12(4-6-13)9-14-7-8-15(10-17-14)20(16,18)19/h3-6,11,14-15,17H,7-10H2,1-2H3,(H2,16,18,19). The molecule has 20 heavy (non-hydrogen) atoms. The van der Waals surface area contributed by atoms with Crippen LogP contribution in [0, 0.1) is 0 Å². The Hall–Kier alpha value is -0.910. The van der Waals surface area contributed by atoms with E-state index < -0.39 is 15.3 Å². The van der Waals surface area contributed by atoms with E-state index in [0.717, 1.165) is 12.8 Å². The fraction of sp³-hybridized carbons (Fsp3) is 0.600. The molecule has 2 unspecified atom stereocenters. The molecule has 5 heteroatoms. The van der Waals surface area contributed by atoms with Crippen molar-refractivity contribution in [2.75, 3.05) is 6.54 Å². The highest BCUT2D eigenvalue weighted by molar-refractivity contribution is 7.89. The first kappa shape index (κ1) is 15.5. The molecule has 1 aromatic carbocycles. The first-order valence-corrected chi connectivity index (χ1v) is 8.81. The topological polar surface area (TPSA) is 72.2 Å². The molecule has 0 radical (unpaired) electrons. The van der Waals surface area contributed by atoms with E-state index >= 15 is 0 Å². The van der Waals surface area contributed by atoms with Gasteiger partial charge in [0, 0.05) is 12.6 Å². The number of piperidine rings is 1. The van der Waals surface area contributed by atoms with Crippen molar-refractivity contribution in [2.24, 2.45) is 5.14 Å². The Labute approximate surface area is 121 Å². The van der Waals surface area contributed by atoms with Gasteiger partial charge in [-0.15, -0.1) is 0 Å². The van der Waals surface area contributed by atoms with Crippen molar-refractivity contribution < 1.29 is 8.42 Å². The van der Waals surface area contributed by atoms with Gasteiger partial charge in [-0.2, -0.15) is 0 Å². The molecule has 1 fully saturated rings. The summed E-state index contributed by atoms with van der Waals surface area (Å²) >= 11 is 0. The molecule has 4 nitrogen and oxygen atoms in total. The SMILES string of the molecule is CC(C)c1ccc(CC2CCC(S(N)(=O)=O)CN2)cc1. The van der Waals surface area contributed by atoms with Crippen LogP contribution in [0.1, 0.15) is 43.7 Å². The molecule has 3 N–H and O–H groups in total. The van der Waals surface area contributed by atoms with Crippen molar-refractivity contribution in [1.29, 1.82) is 0 Å². The van der Waals surface area contributed by atoms with Crippen LogP contribution in [-0.4, -0.2) is 26.3 Å². The van der Waals surface area contributed by atoms with Gasteiger partial charge in [0.15, 0.2) is 0 Å². The smallest absolute Gasteiger partial charge is 0.213 e. The fourth-order valence-electron chi connectivity index (χ4n) is 2.67. The summed E-state index contributed by atoms with van der Waals surface area (Å²) in [5, 5.41) is 8.06. The van der Waals surface area contributed by atoms with Crippen LogP contribution in [0.5, 0.6) is 0 Å². The zero-order chi connectivity index (χ0) is 14.8. The molecule has 0 spiro atoms. The van der Waals surface area contributed by atoms with E-state index in [1.54, 1.807) is 0 Å². The normalized spacial score (nSPS) is 24.0. The van der Waals surface area contributed by atoms with Crippen LogP contribution in [0.4, 0.5) is 0 Å². The molecule has 1 aliphatic rings. The minimum Gasteiger partial charge on any atom is -0.312 e. The van der Waals surface area contributed by atoms with E-state index in [1.165, 1.54) is 11.1 Å². The molecular weight excluding hydrogens is 272 g/mol. The zero-order valence-electron chi connectivity index (χ0n) is 12.2. The summed E-state index contributed by atoms with van der Waals surface area (Å²) in [5.41, 5.74) is 2.64. The van der Waals surface area contributed by atoms with E-state index in [9.17, 15) is 8.42 Å². The van der Waals surface area contributed by atoms with Gasteiger partial charge >= 0.3 is 0 Å². The molecule has 0 aliphatic carbocycles. The average molecular weight is 296 g/mol. The maximum Gasteiger partial charge on any atom is 0.213 e. The highest BCUT2D eigenvalue weighted by atomic mass is 32.2. The fourth-order valence-corrected chi connectivity index (χ4v) is 3.46. The monoisotopic (exact) mass is 296 g/mol. The molecule has 0 saturated carbocycles. The average Bonchev–Trinajstić information content (AvgIpc) is 2.39. The van der Waals surface area contributed by atoms with Gasteiger partial charge in [0.05, 0.1) is 5.25 Å². The van der Waals surface area contributed by atoms with Crippen LogP contribution >= 0.6 is 0 Å². The van der Waals surface area contributed by atoms with Gasteiger partial charge in [0.1, 0.15) is 0 Å². The van der Waals surface area contributed by atoms with Crippen molar-refractivity contribution in [2.45, 2.75) is 50.3 Å². The summed E-state index contributed by atoms with van der Waals surface area (Å²) in [6.07, 6.45) is 2.45. The summed E-state index contributed by atoms with van der Waals surface area (Å²) in [7, 11) is -3.40. The Balaban J connectivity index is 1.89. The van der Waals surface area contributed by atoms with Crippen molar-refractivity contribution in [1.82, 2.24) is 5.32 Å². The summed E-state index contributed by atoms with van der Waals surface area (Å²) in [6.45, 7) is 4.84. The van der Waals surface area contributed by atoms with E-state index in [-0.39, 0.29) is 0 Å². The predicted molar refractivity (Wildman–Crippen MR) is 82.2 cm³/mol. The van der Waals surface area contributed by atoms with Gasteiger partial charge in [0.2, 0.25) is 10.0 Å². The first-order chi connectivity index (χ1) is 9.36. The molecule has 1 aromatic rings. The lowest BCUT2D eigenvalue weighted by Gasteiger charge is -2.28. The molecule has 0 bridgehead atoms. The molecule has 2 rings (SSSR count). The minimum atomic E-state index is -3.40. The molecule has 1 saturated heterocycles. The number of hydrogen-bond donors (Lipinski definition) is 2. The molecular formula is C15H24N2O2S. The molecule has 1 heterocycles. The predicted octanol–water partition coefficient (Wildman–Crippen LogP) is 1.76. The first-order valence-electron chi connectivity index (χ1n) is 7.20. The number of nitrogens with two attached hydrogens (primary N) is 1. The zero-order valence-corrected chi connectivity index (χ0v) is 13.0. The number of nitrogens with one attached hydrogen (secondary N) is 1. The van der Waals surface area contributed by atoms with Gasteiger partial charge < -0.3 is 5.32 Å². The summed E-state index contributed by atoms with van der Waals surface area (Å²) in [6, 6.07) is 9.04. The maximum atomic E-state index is 11.3. The van der Waals surface area contributed by atoms with Crippen molar-refractivity contribution in [3.05, 3.63) is 35.4 Å². The second-order valence-corrected chi connectivity index (χ2v) is 7.84. The van der Waals surface area contributed by atoms with Gasteiger partial charge in [0.25, 0.3) is 0 Å². The third-order valence-corrected chi connectivity index (χ3v) is 5.40. The van der Waals surface area contributed by atoms with Crippen LogP contribution in [0.25, 0.3) is 0 Å². The largest absolute Gasteiger partial charge is 0.312 e. The lowest BCUT2D eigenvalue weighted by atomic mass is 9.95. The third-order valence-electron chi connectivity index (χ3n) is 4.06. The van der Waals surface area contributed by atoms with E-state index in [2.05, 4.69) is 43.4 Å². The number of rotatable bonds is 4. The van der Waals surface area contributed by atoms with E-state index in [1.807, 2.05) is 0 Å². The van der Waals surface area contributed by atoms with Crippen LogP contribution in [0.15, 0.2) is 24.3 Å². The number of sulfonamides is 1. The molecule has 112 valence electrons. The lowest BCUT2D eigenvalue weighted by molar-refractivity contribution is 0.396. The Morgan fingerprint density at radius 3 is 2.35 bits per heavy atom. The van der Waals surface area contributed by atoms with Crippen molar-refractivity contribution in [3.8, 4) is 0 Å². The Morgan fingerprint density at radius 1 is 1.25 bits per heavy atom. The maximum absolute atomic E-state index is 11.3. The van der Waals surface area contributed by atoms with E-state index in [4.69, 9.17) is 5.14 Å². The van der Waals surface area contributed by atoms with Crippen molar-refractivity contribution in [3.63, 3.8) is 0 Å². The number of benzene rings is 1. The summed E-state index contributed by atoms with van der Waals surface area (Å²) in [5.74, 6) is 0.548. The highest BCUT2D eigenvalue weighted by Gasteiger charge is 2.27.